The van der Waals surface area contributed by atoms with Crippen molar-refractivity contribution >= 4 is 16.9 Å². The van der Waals surface area contributed by atoms with Gasteiger partial charge in [0.15, 0.2) is 0 Å². The van der Waals surface area contributed by atoms with Crippen LogP contribution in [0.15, 0.2) is 55.0 Å². The van der Waals surface area contributed by atoms with Gasteiger partial charge in [-0.1, -0.05) is 18.2 Å². The van der Waals surface area contributed by atoms with Gasteiger partial charge in [-0.05, 0) is 30.2 Å². The number of fused-ring (bicyclic) bond motifs is 1. The van der Waals surface area contributed by atoms with Gasteiger partial charge >= 0.3 is 0 Å². The van der Waals surface area contributed by atoms with E-state index in [0.29, 0.717) is 0 Å². The molecule has 0 saturated heterocycles. The van der Waals surface area contributed by atoms with Crippen LogP contribution in [0.5, 0.6) is 0 Å². The summed E-state index contributed by atoms with van der Waals surface area (Å²) < 4.78 is 0. The number of rotatable bonds is 4. The second kappa shape index (κ2) is 5.44. The molecule has 2 heterocycles. The molecule has 3 aromatic rings. The van der Waals surface area contributed by atoms with Crippen molar-refractivity contribution in [2.45, 2.75) is 6.42 Å². The van der Waals surface area contributed by atoms with Gasteiger partial charge < -0.3 is 5.32 Å². The van der Waals surface area contributed by atoms with Crippen LogP contribution in [-0.4, -0.2) is 21.5 Å². The van der Waals surface area contributed by atoms with Crippen LogP contribution in [0.1, 0.15) is 5.56 Å². The average molecular weight is 250 g/mol. The van der Waals surface area contributed by atoms with Gasteiger partial charge in [0.25, 0.3) is 0 Å². The number of anilines is 1. The molecule has 2 aromatic heterocycles. The molecule has 0 bridgehead atoms. The van der Waals surface area contributed by atoms with E-state index >= 15 is 0 Å². The van der Waals surface area contributed by atoms with Crippen molar-refractivity contribution < 1.29 is 0 Å². The number of para-hydroxylation sites is 2. The molecular formula is C15H14N4. The van der Waals surface area contributed by atoms with E-state index in [-0.39, 0.29) is 0 Å². The van der Waals surface area contributed by atoms with Gasteiger partial charge in [-0.2, -0.15) is 0 Å². The molecule has 0 spiro atoms. The Hall–Kier alpha value is -2.49. The van der Waals surface area contributed by atoms with Crippen LogP contribution >= 0.6 is 0 Å². The lowest BCUT2D eigenvalue weighted by molar-refractivity contribution is 0.993. The zero-order chi connectivity index (χ0) is 12.9. The summed E-state index contributed by atoms with van der Waals surface area (Å²) in [4.78, 5) is 13.0. The number of nitrogens with one attached hydrogen (secondary N) is 1. The van der Waals surface area contributed by atoms with Gasteiger partial charge in [0, 0.05) is 18.9 Å². The van der Waals surface area contributed by atoms with Crippen molar-refractivity contribution in [1.82, 2.24) is 15.0 Å². The lowest BCUT2D eigenvalue weighted by Crippen LogP contribution is -2.06. The third-order valence-corrected chi connectivity index (χ3v) is 2.89. The molecule has 4 heteroatoms. The molecule has 1 aromatic carbocycles. The fourth-order valence-electron chi connectivity index (χ4n) is 1.92. The maximum atomic E-state index is 4.52. The lowest BCUT2D eigenvalue weighted by atomic mass is 10.2. The highest BCUT2D eigenvalue weighted by Crippen LogP contribution is 2.11. The maximum absolute atomic E-state index is 4.52. The van der Waals surface area contributed by atoms with E-state index in [4.69, 9.17) is 0 Å². The van der Waals surface area contributed by atoms with Crippen LogP contribution in [0, 0.1) is 0 Å². The Balaban J connectivity index is 1.65. The minimum absolute atomic E-state index is 0.808. The Morgan fingerprint density at radius 3 is 2.68 bits per heavy atom. The fraction of sp³-hybridized carbons (Fsp3) is 0.133. The van der Waals surface area contributed by atoms with E-state index in [1.807, 2.05) is 36.5 Å². The van der Waals surface area contributed by atoms with E-state index in [1.54, 1.807) is 12.4 Å². The van der Waals surface area contributed by atoms with E-state index in [1.165, 1.54) is 5.56 Å². The SMILES string of the molecule is c1cncc(CCNc2cnc3ccccc3n2)c1. The number of nitrogens with zero attached hydrogens (tertiary/aromatic N) is 3. The highest BCUT2D eigenvalue weighted by atomic mass is 15.0. The van der Waals surface area contributed by atoms with Gasteiger partial charge in [-0.15, -0.1) is 0 Å². The summed E-state index contributed by atoms with van der Waals surface area (Å²) in [6, 6.07) is 11.9. The Morgan fingerprint density at radius 2 is 1.84 bits per heavy atom. The Labute approximate surface area is 111 Å². The predicted molar refractivity (Wildman–Crippen MR) is 76.0 cm³/mol. The zero-order valence-electron chi connectivity index (χ0n) is 10.5. The first-order chi connectivity index (χ1) is 9.42. The molecule has 94 valence electrons. The van der Waals surface area contributed by atoms with Gasteiger partial charge in [-0.25, -0.2) is 4.98 Å². The van der Waals surface area contributed by atoms with Crippen molar-refractivity contribution in [3.8, 4) is 0 Å². The molecule has 19 heavy (non-hydrogen) atoms. The van der Waals surface area contributed by atoms with Crippen molar-refractivity contribution in [3.63, 3.8) is 0 Å². The first-order valence-electron chi connectivity index (χ1n) is 6.26. The molecule has 0 amide bonds. The molecule has 0 radical (unpaired) electrons. The summed E-state index contributed by atoms with van der Waals surface area (Å²) in [5.41, 5.74) is 3.04. The first kappa shape index (κ1) is 11.6. The molecule has 0 fully saturated rings. The second-order valence-corrected chi connectivity index (χ2v) is 4.28. The van der Waals surface area contributed by atoms with E-state index in [0.717, 1.165) is 29.8 Å². The van der Waals surface area contributed by atoms with Crippen LogP contribution in [-0.2, 0) is 6.42 Å². The Kier molecular flexibility index (Phi) is 3.32. The Bertz CT molecular complexity index is 667. The number of hydrogen-bond donors (Lipinski definition) is 1. The second-order valence-electron chi connectivity index (χ2n) is 4.28. The summed E-state index contributed by atoms with van der Waals surface area (Å²) in [5, 5.41) is 3.28. The summed E-state index contributed by atoms with van der Waals surface area (Å²) in [5.74, 6) is 0.808. The molecule has 0 aliphatic carbocycles. The van der Waals surface area contributed by atoms with E-state index in [9.17, 15) is 0 Å². The summed E-state index contributed by atoms with van der Waals surface area (Å²) >= 11 is 0. The van der Waals surface area contributed by atoms with Crippen molar-refractivity contribution in [3.05, 3.63) is 60.6 Å². The Morgan fingerprint density at radius 1 is 0.947 bits per heavy atom. The smallest absolute Gasteiger partial charge is 0.145 e. The lowest BCUT2D eigenvalue weighted by Gasteiger charge is -2.06. The van der Waals surface area contributed by atoms with Crippen molar-refractivity contribution in [1.29, 1.82) is 0 Å². The molecule has 3 rings (SSSR count). The molecule has 0 aliphatic heterocycles. The monoisotopic (exact) mass is 250 g/mol. The minimum Gasteiger partial charge on any atom is -0.368 e. The summed E-state index contributed by atoms with van der Waals surface area (Å²) in [6.45, 7) is 0.818. The van der Waals surface area contributed by atoms with Crippen LogP contribution in [0.3, 0.4) is 0 Å². The highest BCUT2D eigenvalue weighted by molar-refractivity contribution is 5.75. The molecule has 0 unspecified atom stereocenters. The first-order valence-corrected chi connectivity index (χ1v) is 6.26. The minimum atomic E-state index is 0.808. The zero-order valence-corrected chi connectivity index (χ0v) is 10.5. The topological polar surface area (TPSA) is 50.7 Å². The molecule has 0 saturated carbocycles. The number of pyridine rings is 1. The van der Waals surface area contributed by atoms with Gasteiger partial charge in [0.1, 0.15) is 5.82 Å². The van der Waals surface area contributed by atoms with E-state index in [2.05, 4.69) is 26.3 Å². The quantitative estimate of drug-likeness (QED) is 0.773. The average Bonchev–Trinajstić information content (AvgIpc) is 2.48. The van der Waals surface area contributed by atoms with Crippen LogP contribution in [0.2, 0.25) is 0 Å². The summed E-state index contributed by atoms with van der Waals surface area (Å²) in [6.07, 6.45) is 6.35. The summed E-state index contributed by atoms with van der Waals surface area (Å²) in [7, 11) is 0. The number of hydrogen-bond acceptors (Lipinski definition) is 4. The largest absolute Gasteiger partial charge is 0.368 e. The van der Waals surface area contributed by atoms with Gasteiger partial charge in [0.2, 0.25) is 0 Å². The standard InChI is InChI=1S/C15H14N4/c1-2-6-14-13(5-1)18-11-15(19-14)17-9-7-12-4-3-8-16-10-12/h1-6,8,10-11H,7,9H2,(H,17,19). The normalized spacial score (nSPS) is 10.5. The third kappa shape index (κ3) is 2.85. The fourth-order valence-corrected chi connectivity index (χ4v) is 1.92. The van der Waals surface area contributed by atoms with E-state index < -0.39 is 0 Å². The van der Waals surface area contributed by atoms with Crippen LogP contribution < -0.4 is 5.32 Å². The van der Waals surface area contributed by atoms with Gasteiger partial charge in [-0.3, -0.25) is 9.97 Å². The maximum Gasteiger partial charge on any atom is 0.145 e. The van der Waals surface area contributed by atoms with Gasteiger partial charge in [0.05, 0.1) is 17.2 Å². The van der Waals surface area contributed by atoms with Crippen molar-refractivity contribution in [2.75, 3.05) is 11.9 Å². The highest BCUT2D eigenvalue weighted by Gasteiger charge is 1.98. The number of benzene rings is 1. The molecule has 4 nitrogen and oxygen atoms in total. The molecular weight excluding hydrogens is 236 g/mol. The van der Waals surface area contributed by atoms with Crippen molar-refractivity contribution in [2.24, 2.45) is 0 Å². The van der Waals surface area contributed by atoms with Crippen LogP contribution in [0.25, 0.3) is 11.0 Å². The van der Waals surface area contributed by atoms with Crippen LogP contribution in [0.4, 0.5) is 5.82 Å². The molecule has 0 aliphatic rings. The third-order valence-electron chi connectivity index (χ3n) is 2.89. The molecule has 1 N–H and O–H groups in total. The predicted octanol–water partition coefficient (Wildman–Crippen LogP) is 2.68. The molecule has 0 atom stereocenters. The number of aromatic nitrogens is 3.